The highest BCUT2D eigenvalue weighted by Crippen LogP contribution is 2.23. The van der Waals surface area contributed by atoms with Crippen LogP contribution >= 0.6 is 23.2 Å². The first-order valence-electron chi connectivity index (χ1n) is 8.30. The molecule has 0 unspecified atom stereocenters. The predicted octanol–water partition coefficient (Wildman–Crippen LogP) is 4.63. The molecule has 0 aliphatic heterocycles. The van der Waals surface area contributed by atoms with E-state index in [4.69, 9.17) is 23.2 Å². The van der Waals surface area contributed by atoms with Crippen LogP contribution in [0, 0.1) is 12.3 Å². The summed E-state index contributed by atoms with van der Waals surface area (Å²) in [6.45, 7) is 5.48. The van der Waals surface area contributed by atoms with Crippen LogP contribution in [0.5, 0.6) is 0 Å². The number of nitrogens with one attached hydrogen (secondary N) is 2. The van der Waals surface area contributed by atoms with Crippen LogP contribution in [0.3, 0.4) is 0 Å². The summed E-state index contributed by atoms with van der Waals surface area (Å²) in [5, 5.41) is 6.77. The predicted molar refractivity (Wildman–Crippen MR) is 107 cm³/mol. The third-order valence-corrected chi connectivity index (χ3v) is 4.80. The quantitative estimate of drug-likeness (QED) is 0.704. The number of anilines is 1. The van der Waals surface area contributed by atoms with E-state index in [9.17, 15) is 9.59 Å². The van der Waals surface area contributed by atoms with Crippen molar-refractivity contribution in [2.24, 2.45) is 5.41 Å². The van der Waals surface area contributed by atoms with E-state index in [0.29, 0.717) is 28.7 Å². The van der Waals surface area contributed by atoms with Crippen LogP contribution in [0.1, 0.15) is 25.0 Å². The second-order valence-electron chi connectivity index (χ2n) is 6.68. The average molecular weight is 393 g/mol. The zero-order valence-corrected chi connectivity index (χ0v) is 16.5. The maximum Gasteiger partial charge on any atom is 0.239 e. The van der Waals surface area contributed by atoms with Gasteiger partial charge in [-0.3, -0.25) is 9.59 Å². The molecule has 0 fully saturated rings. The summed E-state index contributed by atoms with van der Waals surface area (Å²) in [4.78, 5) is 25.0. The van der Waals surface area contributed by atoms with Gasteiger partial charge < -0.3 is 10.6 Å². The molecule has 6 heteroatoms. The fourth-order valence-electron chi connectivity index (χ4n) is 2.29. The van der Waals surface area contributed by atoms with Crippen LogP contribution in [0.4, 0.5) is 5.69 Å². The second-order valence-corrected chi connectivity index (χ2v) is 7.52. The Morgan fingerprint density at radius 3 is 2.42 bits per heavy atom. The first-order chi connectivity index (χ1) is 12.2. The van der Waals surface area contributed by atoms with Crippen molar-refractivity contribution in [2.75, 3.05) is 11.9 Å². The number of carbonyl (C=O) groups is 2. The Hall–Kier alpha value is -2.04. The van der Waals surface area contributed by atoms with Crippen molar-refractivity contribution in [1.29, 1.82) is 0 Å². The van der Waals surface area contributed by atoms with E-state index in [1.54, 1.807) is 32.0 Å². The monoisotopic (exact) mass is 392 g/mol. The van der Waals surface area contributed by atoms with E-state index >= 15 is 0 Å². The number of benzene rings is 2. The maximum atomic E-state index is 12.5. The van der Waals surface area contributed by atoms with Gasteiger partial charge in [0.05, 0.1) is 0 Å². The van der Waals surface area contributed by atoms with Crippen LogP contribution in [0.15, 0.2) is 42.5 Å². The molecule has 0 aromatic heterocycles. The van der Waals surface area contributed by atoms with Crippen molar-refractivity contribution < 1.29 is 9.59 Å². The molecule has 0 spiro atoms. The molecule has 0 saturated heterocycles. The van der Waals surface area contributed by atoms with Gasteiger partial charge in [-0.25, -0.2) is 0 Å². The largest absolute Gasteiger partial charge is 0.355 e. The number of carbonyl (C=O) groups excluding carboxylic acids is 2. The van der Waals surface area contributed by atoms with Crippen molar-refractivity contribution in [2.45, 2.75) is 27.2 Å². The minimum Gasteiger partial charge on any atom is -0.355 e. The summed E-state index contributed by atoms with van der Waals surface area (Å²) in [5.74, 6) is -0.729. The molecule has 0 heterocycles. The minimum absolute atomic E-state index is 0.338. The minimum atomic E-state index is -1.22. The van der Waals surface area contributed by atoms with Gasteiger partial charge in [-0.05, 0) is 62.6 Å². The lowest BCUT2D eigenvalue weighted by Crippen LogP contribution is -2.45. The third kappa shape index (κ3) is 5.23. The van der Waals surface area contributed by atoms with Crippen LogP contribution in [0.2, 0.25) is 10.0 Å². The first kappa shape index (κ1) is 20.3. The highest BCUT2D eigenvalue weighted by Gasteiger charge is 2.35. The van der Waals surface area contributed by atoms with Gasteiger partial charge in [-0.1, -0.05) is 41.4 Å². The zero-order chi connectivity index (χ0) is 19.3. The molecule has 0 aliphatic carbocycles. The van der Waals surface area contributed by atoms with Gasteiger partial charge in [-0.2, -0.15) is 0 Å². The Labute approximate surface area is 163 Å². The van der Waals surface area contributed by atoms with Crippen molar-refractivity contribution in [3.63, 3.8) is 0 Å². The average Bonchev–Trinajstić information content (AvgIpc) is 2.58. The second kappa shape index (κ2) is 8.56. The molecule has 0 saturated carbocycles. The third-order valence-electron chi connectivity index (χ3n) is 4.15. The highest BCUT2D eigenvalue weighted by molar-refractivity contribution is 6.31. The number of amides is 2. The molecule has 26 heavy (non-hydrogen) atoms. The molecule has 4 nitrogen and oxygen atoms in total. The molecular formula is C20H22Cl2N2O2. The van der Waals surface area contributed by atoms with E-state index in [2.05, 4.69) is 10.6 Å². The molecular weight excluding hydrogens is 371 g/mol. The Bertz CT molecular complexity index is 819. The number of hydrogen-bond acceptors (Lipinski definition) is 2. The molecule has 0 radical (unpaired) electrons. The molecule has 138 valence electrons. The number of aryl methyl sites for hydroxylation is 1. The maximum absolute atomic E-state index is 12.5. The fourth-order valence-corrected chi connectivity index (χ4v) is 2.69. The lowest BCUT2D eigenvalue weighted by atomic mass is 9.90. The van der Waals surface area contributed by atoms with E-state index in [-0.39, 0.29) is 5.91 Å². The number of hydrogen-bond donors (Lipinski definition) is 2. The Balaban J connectivity index is 1.93. The summed E-state index contributed by atoms with van der Waals surface area (Å²) < 4.78 is 0. The zero-order valence-electron chi connectivity index (χ0n) is 15.0. The molecule has 0 atom stereocenters. The lowest BCUT2D eigenvalue weighted by molar-refractivity contribution is -0.138. The van der Waals surface area contributed by atoms with Crippen molar-refractivity contribution in [1.82, 2.24) is 5.32 Å². The molecule has 2 aromatic carbocycles. The fraction of sp³-hybridized carbons (Fsp3) is 0.300. The summed E-state index contributed by atoms with van der Waals surface area (Å²) >= 11 is 12.0. The summed E-state index contributed by atoms with van der Waals surface area (Å²) in [7, 11) is 0. The SMILES string of the molecule is Cc1ccc(NC(=O)C(C)(C)C(=O)NCCc2cccc(Cl)c2)cc1Cl. The Morgan fingerprint density at radius 1 is 1.04 bits per heavy atom. The van der Waals surface area contributed by atoms with Crippen molar-refractivity contribution in [3.05, 3.63) is 63.6 Å². The standard InChI is InChI=1S/C20H22Cl2N2O2/c1-13-7-8-16(12-17(13)22)24-19(26)20(2,3)18(25)23-10-9-14-5-4-6-15(21)11-14/h4-8,11-12H,9-10H2,1-3H3,(H,23,25)(H,24,26). The van der Waals surface area contributed by atoms with Gasteiger partial charge in [0, 0.05) is 22.3 Å². The molecule has 2 N–H and O–H groups in total. The van der Waals surface area contributed by atoms with Gasteiger partial charge in [0.1, 0.15) is 5.41 Å². The topological polar surface area (TPSA) is 58.2 Å². The smallest absolute Gasteiger partial charge is 0.239 e. The van der Waals surface area contributed by atoms with E-state index in [0.717, 1.165) is 11.1 Å². The molecule has 0 aliphatic rings. The molecule has 2 rings (SSSR count). The molecule has 2 amide bonds. The van der Waals surface area contributed by atoms with Crippen molar-refractivity contribution in [3.8, 4) is 0 Å². The van der Waals surface area contributed by atoms with Gasteiger partial charge in [-0.15, -0.1) is 0 Å². The molecule has 0 bridgehead atoms. The first-order valence-corrected chi connectivity index (χ1v) is 9.06. The Kier molecular flexibility index (Phi) is 6.68. The van der Waals surface area contributed by atoms with Crippen LogP contribution < -0.4 is 10.6 Å². The van der Waals surface area contributed by atoms with Crippen LogP contribution in [-0.2, 0) is 16.0 Å². The molecule has 2 aromatic rings. The van der Waals surface area contributed by atoms with E-state index < -0.39 is 11.3 Å². The highest BCUT2D eigenvalue weighted by atomic mass is 35.5. The van der Waals surface area contributed by atoms with E-state index in [1.165, 1.54) is 0 Å². The normalized spacial score (nSPS) is 11.1. The van der Waals surface area contributed by atoms with Gasteiger partial charge >= 0.3 is 0 Å². The van der Waals surface area contributed by atoms with E-state index in [1.807, 2.05) is 31.2 Å². The number of rotatable bonds is 6. The van der Waals surface area contributed by atoms with Gasteiger partial charge in [0.25, 0.3) is 0 Å². The van der Waals surface area contributed by atoms with Gasteiger partial charge in [0.2, 0.25) is 11.8 Å². The summed E-state index contributed by atoms with van der Waals surface area (Å²) in [6, 6.07) is 12.7. The van der Waals surface area contributed by atoms with Crippen LogP contribution in [0.25, 0.3) is 0 Å². The lowest BCUT2D eigenvalue weighted by Gasteiger charge is -2.23. The number of halogens is 2. The summed E-state index contributed by atoms with van der Waals surface area (Å²) in [5.41, 5.74) is 1.29. The van der Waals surface area contributed by atoms with Crippen molar-refractivity contribution >= 4 is 40.7 Å². The Morgan fingerprint density at radius 2 is 1.77 bits per heavy atom. The van der Waals surface area contributed by atoms with Gasteiger partial charge in [0.15, 0.2) is 0 Å². The van der Waals surface area contributed by atoms with Crippen LogP contribution in [-0.4, -0.2) is 18.4 Å². The summed E-state index contributed by atoms with van der Waals surface area (Å²) in [6.07, 6.45) is 0.636.